The highest BCUT2D eigenvalue weighted by Crippen LogP contribution is 2.40. The molecule has 5 rings (SSSR count). The van der Waals surface area contributed by atoms with Crippen LogP contribution >= 0.6 is 11.8 Å². The first kappa shape index (κ1) is 26.4. The van der Waals surface area contributed by atoms with E-state index in [1.165, 1.54) is 15.4 Å². The molecule has 3 aromatic rings. The number of fused-ring (bicyclic) bond motifs is 2. The fraction of sp³-hybridized carbons (Fsp3) is 0.333. The van der Waals surface area contributed by atoms with Gasteiger partial charge in [0.1, 0.15) is 18.5 Å². The van der Waals surface area contributed by atoms with E-state index in [-0.39, 0.29) is 6.61 Å². The number of rotatable bonds is 9. The first-order valence-electron chi connectivity index (χ1n) is 13.1. The summed E-state index contributed by atoms with van der Waals surface area (Å²) in [6, 6.07) is 25.9. The molecule has 0 aromatic heterocycles. The van der Waals surface area contributed by atoms with Gasteiger partial charge in [-0.3, -0.25) is 9.69 Å². The molecular formula is C30H34N4O3S. The van der Waals surface area contributed by atoms with Crippen LogP contribution in [-0.4, -0.2) is 80.2 Å². The average Bonchev–Trinajstić information content (AvgIpc) is 3.12. The fourth-order valence-corrected chi connectivity index (χ4v) is 5.67. The lowest BCUT2D eigenvalue weighted by Gasteiger charge is -2.36. The number of ether oxygens (including phenoxy) is 2. The van der Waals surface area contributed by atoms with Gasteiger partial charge in [0.25, 0.3) is 0 Å². The van der Waals surface area contributed by atoms with Crippen molar-refractivity contribution >= 4 is 29.3 Å². The molecule has 1 saturated heterocycles. The minimum atomic E-state index is -0.661. The maximum absolute atomic E-state index is 12.1. The topological polar surface area (TPSA) is 80.4 Å². The maximum Gasteiger partial charge on any atom is 0.323 e. The van der Waals surface area contributed by atoms with E-state index >= 15 is 0 Å². The van der Waals surface area contributed by atoms with Crippen LogP contribution in [0.4, 0.5) is 5.69 Å². The van der Waals surface area contributed by atoms with Gasteiger partial charge in [0.2, 0.25) is 0 Å². The lowest BCUT2D eigenvalue weighted by Crippen LogP contribution is -2.49. The molecule has 2 N–H and O–H groups in total. The maximum atomic E-state index is 12.1. The van der Waals surface area contributed by atoms with Gasteiger partial charge in [0.05, 0.1) is 18.9 Å². The van der Waals surface area contributed by atoms with E-state index in [4.69, 9.17) is 20.2 Å². The average molecular weight is 531 g/mol. The summed E-state index contributed by atoms with van der Waals surface area (Å²) in [5, 5.41) is 0. The van der Waals surface area contributed by atoms with Crippen molar-refractivity contribution in [3.8, 4) is 0 Å². The first-order valence-corrected chi connectivity index (χ1v) is 14.0. The number of aliphatic imine (C=N–C) groups is 1. The number of nitrogens with zero attached hydrogens (tertiary/aromatic N) is 3. The molecule has 0 bridgehead atoms. The number of hydrogen-bond acceptors (Lipinski definition) is 8. The number of nitrogens with two attached hydrogens (primary N) is 1. The monoisotopic (exact) mass is 530 g/mol. The van der Waals surface area contributed by atoms with Gasteiger partial charge in [-0.1, -0.05) is 72.4 Å². The molecule has 2 aliphatic heterocycles. The summed E-state index contributed by atoms with van der Waals surface area (Å²) in [4.78, 5) is 24.5. The Kier molecular flexibility index (Phi) is 9.09. The molecule has 1 atom stereocenters. The van der Waals surface area contributed by atoms with Crippen molar-refractivity contribution in [1.29, 1.82) is 0 Å². The number of esters is 1. The predicted octanol–water partition coefficient (Wildman–Crippen LogP) is 3.98. The van der Waals surface area contributed by atoms with E-state index in [1.807, 2.05) is 30.3 Å². The quantitative estimate of drug-likeness (QED) is 0.331. The van der Waals surface area contributed by atoms with E-state index in [0.717, 1.165) is 49.8 Å². The van der Waals surface area contributed by atoms with Crippen LogP contribution in [0.5, 0.6) is 0 Å². The van der Waals surface area contributed by atoms with Crippen molar-refractivity contribution in [2.24, 2.45) is 10.7 Å². The van der Waals surface area contributed by atoms with Gasteiger partial charge in [0, 0.05) is 48.1 Å². The second-order valence-electron chi connectivity index (χ2n) is 9.41. The number of piperazine rings is 1. The lowest BCUT2D eigenvalue weighted by atomic mass is 10.1. The van der Waals surface area contributed by atoms with Gasteiger partial charge in [-0.2, -0.15) is 0 Å². The van der Waals surface area contributed by atoms with E-state index in [1.54, 1.807) is 11.8 Å². The summed E-state index contributed by atoms with van der Waals surface area (Å²) < 4.78 is 11.0. The zero-order chi connectivity index (χ0) is 26.2. The Bertz CT molecular complexity index is 1250. The number of amidine groups is 1. The Balaban J connectivity index is 1.03. The lowest BCUT2D eigenvalue weighted by molar-refractivity contribution is -0.146. The van der Waals surface area contributed by atoms with E-state index in [9.17, 15) is 4.79 Å². The molecule has 2 aliphatic rings. The molecule has 7 nitrogen and oxygen atoms in total. The van der Waals surface area contributed by atoms with Gasteiger partial charge in [-0.05, 0) is 30.2 Å². The van der Waals surface area contributed by atoms with Crippen LogP contribution < -0.4 is 5.73 Å². The van der Waals surface area contributed by atoms with Crippen LogP contribution in [0.2, 0.25) is 0 Å². The largest absolute Gasteiger partial charge is 0.462 e. The van der Waals surface area contributed by atoms with Crippen molar-refractivity contribution in [1.82, 2.24) is 9.80 Å². The van der Waals surface area contributed by atoms with Crippen LogP contribution in [0, 0.1) is 0 Å². The minimum absolute atomic E-state index is 0.216. The molecule has 0 unspecified atom stereocenters. The highest BCUT2D eigenvalue weighted by Gasteiger charge is 2.25. The highest BCUT2D eigenvalue weighted by atomic mass is 32.2. The highest BCUT2D eigenvalue weighted by molar-refractivity contribution is 7.99. The molecule has 0 saturated carbocycles. The van der Waals surface area contributed by atoms with Gasteiger partial charge in [-0.25, -0.2) is 4.99 Å². The minimum Gasteiger partial charge on any atom is -0.462 e. The Labute approximate surface area is 228 Å². The van der Waals surface area contributed by atoms with Gasteiger partial charge < -0.3 is 20.1 Å². The molecule has 2 heterocycles. The number of benzene rings is 3. The molecule has 3 aromatic carbocycles. The summed E-state index contributed by atoms with van der Waals surface area (Å²) in [5.74, 6) is 0.666. The summed E-state index contributed by atoms with van der Waals surface area (Å²) in [7, 11) is 0. The van der Waals surface area contributed by atoms with Crippen LogP contribution in [0.15, 0.2) is 93.6 Å². The van der Waals surface area contributed by atoms with Gasteiger partial charge in [-0.15, -0.1) is 0 Å². The number of carbonyl (C=O) groups is 1. The van der Waals surface area contributed by atoms with Crippen molar-refractivity contribution in [2.45, 2.75) is 22.3 Å². The Morgan fingerprint density at radius 2 is 1.58 bits per heavy atom. The molecule has 198 valence electrons. The van der Waals surface area contributed by atoms with E-state index < -0.39 is 12.0 Å². The third kappa shape index (κ3) is 6.82. The molecule has 1 fully saturated rings. The SMILES string of the molecule is N[C@H](Cc1ccccc1)C(=O)OCCOCCN1CCN(C2=Nc3ccccc3Sc3ccccc32)CC1. The summed E-state index contributed by atoms with van der Waals surface area (Å²) in [6.45, 7) is 5.75. The van der Waals surface area contributed by atoms with Crippen molar-refractivity contribution in [2.75, 3.05) is 52.5 Å². The van der Waals surface area contributed by atoms with Gasteiger partial charge in [0.15, 0.2) is 0 Å². The Morgan fingerprint density at radius 1 is 0.868 bits per heavy atom. The normalized spacial score (nSPS) is 16.1. The van der Waals surface area contributed by atoms with Crippen molar-refractivity contribution < 1.29 is 14.3 Å². The van der Waals surface area contributed by atoms with E-state index in [0.29, 0.717) is 19.6 Å². The standard InChI is InChI=1S/C30H34N4O3S/c31-25(22-23-8-2-1-3-9-23)30(35)37-21-20-36-19-18-33-14-16-34(17-15-33)29-24-10-4-6-12-27(24)38-28-13-7-5-11-26(28)32-29/h1-13,25H,14-22,31H2/t25-/m1/s1. The molecule has 38 heavy (non-hydrogen) atoms. The fourth-order valence-electron chi connectivity index (χ4n) is 4.65. The van der Waals surface area contributed by atoms with Crippen LogP contribution in [0.25, 0.3) is 0 Å². The number of carbonyl (C=O) groups excluding carboxylic acids is 1. The summed E-state index contributed by atoms with van der Waals surface area (Å²) >= 11 is 1.79. The number of para-hydroxylation sites is 1. The molecular weight excluding hydrogens is 496 g/mol. The second-order valence-corrected chi connectivity index (χ2v) is 10.5. The number of hydrogen-bond donors (Lipinski definition) is 1. The molecule has 0 amide bonds. The predicted molar refractivity (Wildman–Crippen MR) is 151 cm³/mol. The second kappa shape index (κ2) is 13.1. The first-order chi connectivity index (χ1) is 18.7. The van der Waals surface area contributed by atoms with Crippen molar-refractivity contribution in [3.05, 3.63) is 90.0 Å². The summed E-state index contributed by atoms with van der Waals surface area (Å²) in [6.07, 6.45) is 0.468. The molecule has 8 heteroatoms. The molecule has 0 aliphatic carbocycles. The zero-order valence-corrected chi connectivity index (χ0v) is 22.3. The Hall–Kier alpha value is -3.17. The summed E-state index contributed by atoms with van der Waals surface area (Å²) in [5.41, 5.74) is 9.22. The zero-order valence-electron chi connectivity index (χ0n) is 21.5. The van der Waals surface area contributed by atoms with Crippen molar-refractivity contribution in [3.63, 3.8) is 0 Å². The van der Waals surface area contributed by atoms with E-state index in [2.05, 4.69) is 58.3 Å². The van der Waals surface area contributed by atoms with Gasteiger partial charge >= 0.3 is 5.97 Å². The van der Waals surface area contributed by atoms with Crippen LogP contribution in [0.1, 0.15) is 11.1 Å². The van der Waals surface area contributed by atoms with Crippen LogP contribution in [-0.2, 0) is 20.7 Å². The molecule has 0 spiro atoms. The molecule has 0 radical (unpaired) electrons. The third-order valence-electron chi connectivity index (χ3n) is 6.74. The van der Waals surface area contributed by atoms with Crippen LogP contribution in [0.3, 0.4) is 0 Å². The Morgan fingerprint density at radius 3 is 2.39 bits per heavy atom. The third-order valence-corrected chi connectivity index (χ3v) is 7.88. The smallest absolute Gasteiger partial charge is 0.323 e.